The number of ether oxygens (including phenoxy) is 1. The Morgan fingerprint density at radius 3 is 2.52 bits per heavy atom. The minimum absolute atomic E-state index is 0.0679. The molecule has 3 rings (SSSR count). The molecular weight excluding hydrogens is 351 g/mol. The molecule has 27 heavy (non-hydrogen) atoms. The summed E-state index contributed by atoms with van der Waals surface area (Å²) in [5.41, 5.74) is 0.410. The summed E-state index contributed by atoms with van der Waals surface area (Å²) >= 11 is 0. The van der Waals surface area contributed by atoms with E-state index < -0.39 is 6.10 Å². The lowest BCUT2D eigenvalue weighted by molar-refractivity contribution is -0.134. The molecule has 0 radical (unpaired) electrons. The molecule has 3 atom stereocenters. The van der Waals surface area contributed by atoms with Crippen molar-refractivity contribution in [1.29, 1.82) is 0 Å². The molecule has 148 valence electrons. The second-order valence-electron chi connectivity index (χ2n) is 7.35. The Balaban J connectivity index is 1.40. The maximum atomic E-state index is 12.9. The number of aliphatic hydroxyl groups is 1. The number of rotatable bonds is 7. The van der Waals surface area contributed by atoms with E-state index in [0.717, 1.165) is 32.1 Å². The highest BCUT2D eigenvalue weighted by Crippen LogP contribution is 2.28. The fourth-order valence-corrected chi connectivity index (χ4v) is 3.53. The van der Waals surface area contributed by atoms with E-state index in [4.69, 9.17) is 4.74 Å². The molecule has 1 saturated carbocycles. The van der Waals surface area contributed by atoms with Gasteiger partial charge in [-0.2, -0.15) is 0 Å². The first-order valence-corrected chi connectivity index (χ1v) is 9.67. The molecule has 1 saturated heterocycles. The zero-order valence-electron chi connectivity index (χ0n) is 15.3. The Hall–Kier alpha value is -1.99. The topological polar surface area (TPSA) is 87.7 Å². The number of carbonyl (C=O) groups excluding carboxylic acids is 2. The van der Waals surface area contributed by atoms with E-state index in [1.165, 1.54) is 24.3 Å². The Bertz CT molecular complexity index is 648. The van der Waals surface area contributed by atoms with Gasteiger partial charge in [0.1, 0.15) is 11.9 Å². The molecule has 2 fully saturated rings. The van der Waals surface area contributed by atoms with E-state index in [1.54, 1.807) is 0 Å². The first kappa shape index (κ1) is 19.8. The molecule has 0 bridgehead atoms. The van der Waals surface area contributed by atoms with Gasteiger partial charge < -0.3 is 20.5 Å². The van der Waals surface area contributed by atoms with E-state index in [-0.39, 0.29) is 42.3 Å². The van der Waals surface area contributed by atoms with Crippen LogP contribution in [0.1, 0.15) is 48.9 Å². The fraction of sp³-hybridized carbons (Fsp3) is 0.600. The van der Waals surface area contributed by atoms with Gasteiger partial charge in [0.05, 0.1) is 18.8 Å². The highest BCUT2D eigenvalue weighted by molar-refractivity contribution is 5.94. The molecule has 1 aliphatic carbocycles. The highest BCUT2D eigenvalue weighted by Gasteiger charge is 2.34. The summed E-state index contributed by atoms with van der Waals surface area (Å²) in [6.07, 6.45) is 4.63. The summed E-state index contributed by atoms with van der Waals surface area (Å²) in [5.74, 6) is -0.451. The minimum Gasteiger partial charge on any atom is -0.394 e. The number of benzene rings is 1. The lowest BCUT2D eigenvalue weighted by Gasteiger charge is -2.37. The third kappa shape index (κ3) is 5.26. The van der Waals surface area contributed by atoms with Crippen molar-refractivity contribution >= 4 is 11.8 Å². The molecule has 3 N–H and O–H groups in total. The Morgan fingerprint density at radius 2 is 1.89 bits per heavy atom. The van der Waals surface area contributed by atoms with Gasteiger partial charge in [-0.3, -0.25) is 9.59 Å². The van der Waals surface area contributed by atoms with Crippen LogP contribution in [0.25, 0.3) is 0 Å². The maximum absolute atomic E-state index is 12.9. The minimum atomic E-state index is -0.416. The average Bonchev–Trinajstić information content (AvgIpc) is 2.61. The van der Waals surface area contributed by atoms with Crippen molar-refractivity contribution in [3.63, 3.8) is 0 Å². The highest BCUT2D eigenvalue weighted by atomic mass is 19.1. The first-order valence-electron chi connectivity index (χ1n) is 9.67. The van der Waals surface area contributed by atoms with Gasteiger partial charge in [-0.25, -0.2) is 4.39 Å². The second-order valence-corrected chi connectivity index (χ2v) is 7.35. The van der Waals surface area contributed by atoms with Gasteiger partial charge in [0.15, 0.2) is 0 Å². The lowest BCUT2D eigenvalue weighted by Crippen LogP contribution is -2.53. The molecule has 2 amide bonds. The standard InChI is InChI=1S/C20H27FN2O4/c21-15-6-4-14(5-7-15)19(25)22-11-10-16-8-9-17(18(12-24)27-16)23-20(26)13-2-1-3-13/h4-7,13,16-18,24H,1-3,8-12H2,(H,22,25)(H,23,26)/t16-,17+,18-/m0/s1. The van der Waals surface area contributed by atoms with Gasteiger partial charge in [-0.15, -0.1) is 0 Å². The number of halogens is 1. The SMILES string of the molecule is O=C(NCC[C@@H]1CC[C@@H](NC(=O)C2CCC2)[C@H](CO)O1)c1ccc(F)cc1. The van der Waals surface area contributed by atoms with Crippen molar-refractivity contribution < 1.29 is 23.8 Å². The summed E-state index contributed by atoms with van der Waals surface area (Å²) in [6, 6.07) is 5.23. The van der Waals surface area contributed by atoms with Crippen molar-refractivity contribution in [3.05, 3.63) is 35.6 Å². The Morgan fingerprint density at radius 1 is 1.15 bits per heavy atom. The largest absolute Gasteiger partial charge is 0.394 e. The van der Waals surface area contributed by atoms with Crippen molar-refractivity contribution in [2.24, 2.45) is 5.92 Å². The fourth-order valence-electron chi connectivity index (χ4n) is 3.53. The molecule has 1 aromatic rings. The predicted octanol–water partition coefficient (Wildman–Crippen LogP) is 1.77. The normalized spacial score (nSPS) is 25.5. The number of hydrogen-bond donors (Lipinski definition) is 3. The van der Waals surface area contributed by atoms with Crippen molar-refractivity contribution in [2.45, 2.75) is 56.8 Å². The number of carbonyl (C=O) groups is 2. The third-order valence-electron chi connectivity index (χ3n) is 5.46. The summed E-state index contributed by atoms with van der Waals surface area (Å²) in [6.45, 7) is 0.284. The third-order valence-corrected chi connectivity index (χ3v) is 5.46. The van der Waals surface area contributed by atoms with Gasteiger partial charge in [-0.1, -0.05) is 6.42 Å². The van der Waals surface area contributed by atoms with E-state index in [2.05, 4.69) is 10.6 Å². The lowest BCUT2D eigenvalue weighted by atomic mass is 9.84. The van der Waals surface area contributed by atoms with Gasteiger partial charge in [0.2, 0.25) is 5.91 Å². The van der Waals surface area contributed by atoms with Crippen molar-refractivity contribution in [3.8, 4) is 0 Å². The smallest absolute Gasteiger partial charge is 0.251 e. The van der Waals surface area contributed by atoms with E-state index in [0.29, 0.717) is 18.5 Å². The molecule has 0 spiro atoms. The van der Waals surface area contributed by atoms with Crippen LogP contribution in [-0.4, -0.2) is 48.3 Å². The average molecular weight is 378 g/mol. The van der Waals surface area contributed by atoms with Crippen LogP contribution in [0.2, 0.25) is 0 Å². The van der Waals surface area contributed by atoms with Crippen LogP contribution in [-0.2, 0) is 9.53 Å². The molecule has 1 aliphatic heterocycles. The predicted molar refractivity (Wildman–Crippen MR) is 97.6 cm³/mol. The summed E-state index contributed by atoms with van der Waals surface area (Å²) in [7, 11) is 0. The zero-order valence-corrected chi connectivity index (χ0v) is 15.3. The number of nitrogens with one attached hydrogen (secondary N) is 2. The van der Waals surface area contributed by atoms with Crippen LogP contribution in [0.15, 0.2) is 24.3 Å². The van der Waals surface area contributed by atoms with Gasteiger partial charge in [0, 0.05) is 18.0 Å². The summed E-state index contributed by atoms with van der Waals surface area (Å²) < 4.78 is 18.8. The van der Waals surface area contributed by atoms with Gasteiger partial charge in [-0.05, 0) is 56.4 Å². The van der Waals surface area contributed by atoms with Crippen LogP contribution in [0.3, 0.4) is 0 Å². The molecule has 1 heterocycles. The number of hydrogen-bond acceptors (Lipinski definition) is 4. The molecule has 0 unspecified atom stereocenters. The number of amides is 2. The van der Waals surface area contributed by atoms with Crippen molar-refractivity contribution in [2.75, 3.05) is 13.2 Å². The first-order chi connectivity index (χ1) is 13.1. The quantitative estimate of drug-likeness (QED) is 0.675. The molecule has 6 nitrogen and oxygen atoms in total. The van der Waals surface area contributed by atoms with Crippen LogP contribution < -0.4 is 10.6 Å². The number of aliphatic hydroxyl groups excluding tert-OH is 1. The molecule has 0 aromatic heterocycles. The Kier molecular flexibility index (Phi) is 6.79. The van der Waals surface area contributed by atoms with Gasteiger partial charge in [0.25, 0.3) is 5.91 Å². The van der Waals surface area contributed by atoms with Crippen LogP contribution in [0.4, 0.5) is 4.39 Å². The summed E-state index contributed by atoms with van der Waals surface area (Å²) in [5, 5.41) is 15.4. The van der Waals surface area contributed by atoms with Crippen LogP contribution in [0.5, 0.6) is 0 Å². The van der Waals surface area contributed by atoms with Gasteiger partial charge >= 0.3 is 0 Å². The van der Waals surface area contributed by atoms with Crippen LogP contribution in [0, 0.1) is 11.7 Å². The second kappa shape index (κ2) is 9.28. The maximum Gasteiger partial charge on any atom is 0.251 e. The monoisotopic (exact) mass is 378 g/mol. The molecule has 2 aliphatic rings. The van der Waals surface area contributed by atoms with E-state index >= 15 is 0 Å². The van der Waals surface area contributed by atoms with E-state index in [9.17, 15) is 19.1 Å². The van der Waals surface area contributed by atoms with Crippen molar-refractivity contribution in [1.82, 2.24) is 10.6 Å². The molecular formula is C20H27FN2O4. The zero-order chi connectivity index (χ0) is 19.2. The Labute approximate surface area is 158 Å². The van der Waals surface area contributed by atoms with E-state index in [1.807, 2.05) is 0 Å². The molecule has 7 heteroatoms. The molecule has 1 aromatic carbocycles. The summed E-state index contributed by atoms with van der Waals surface area (Å²) in [4.78, 5) is 24.1. The van der Waals surface area contributed by atoms with Crippen LogP contribution >= 0.6 is 0 Å².